The van der Waals surface area contributed by atoms with Crippen LogP contribution in [0, 0.1) is 29.4 Å². The van der Waals surface area contributed by atoms with E-state index in [1.807, 2.05) is 6.07 Å². The first-order chi connectivity index (χ1) is 11.0. The van der Waals surface area contributed by atoms with Crippen LogP contribution in [0.1, 0.15) is 76.2 Å². The summed E-state index contributed by atoms with van der Waals surface area (Å²) in [4.78, 5) is 0. The quantitative estimate of drug-likeness (QED) is 0.597. The lowest BCUT2D eigenvalue weighted by Gasteiger charge is -2.33. The Bertz CT molecular complexity index is 503. The minimum Gasteiger partial charge on any atom is -0.204 e. The molecule has 0 heterocycles. The molecule has 0 bridgehead atoms. The van der Waals surface area contributed by atoms with E-state index >= 15 is 0 Å². The molecule has 0 spiro atoms. The molecule has 1 aromatic rings. The average molecular weight is 338 g/mol. The summed E-state index contributed by atoms with van der Waals surface area (Å²) in [5.41, 5.74) is 0.985. The largest absolute Gasteiger partial charge is 0.204 e. The Balaban J connectivity index is 1.52. The van der Waals surface area contributed by atoms with Crippen molar-refractivity contribution in [3.8, 4) is 0 Å². The molecule has 128 valence electrons. The molecule has 2 fully saturated rings. The predicted molar refractivity (Wildman–Crippen MR) is 96.1 cm³/mol. The molecule has 0 nitrogen and oxygen atoms in total. The molecule has 1 atom stereocenters. The molecule has 2 aliphatic carbocycles. The molecule has 3 rings (SSSR count). The summed E-state index contributed by atoms with van der Waals surface area (Å²) in [5.74, 6) is 1.70. The van der Waals surface area contributed by atoms with E-state index in [9.17, 15) is 8.78 Å². The van der Waals surface area contributed by atoms with Gasteiger partial charge in [0.15, 0.2) is 11.6 Å². The van der Waals surface area contributed by atoms with Gasteiger partial charge in [-0.1, -0.05) is 32.6 Å². The molecule has 0 radical (unpaired) electrons. The Kier molecular flexibility index (Phi) is 5.73. The van der Waals surface area contributed by atoms with Gasteiger partial charge in [-0.2, -0.15) is 0 Å². The first kappa shape index (κ1) is 17.3. The van der Waals surface area contributed by atoms with Crippen LogP contribution in [0.4, 0.5) is 8.78 Å². The fraction of sp³-hybridized carbons (Fsp3) is 0.700. The van der Waals surface area contributed by atoms with Gasteiger partial charge in [0, 0.05) is 5.30 Å². The Hall–Kier alpha value is -0.490. The SMILES string of the molecule is CC1CCC(CC2CCC(c3cc(F)c(F)c(P)c3)CC2)CC1. The van der Waals surface area contributed by atoms with Gasteiger partial charge < -0.3 is 0 Å². The molecule has 0 aromatic heterocycles. The van der Waals surface area contributed by atoms with Crippen molar-refractivity contribution in [2.45, 2.75) is 70.6 Å². The zero-order chi connectivity index (χ0) is 16.4. The van der Waals surface area contributed by atoms with Crippen molar-refractivity contribution in [1.82, 2.24) is 0 Å². The third-order valence-electron chi connectivity index (χ3n) is 6.20. The molecule has 2 saturated carbocycles. The Morgan fingerprint density at radius 2 is 1.48 bits per heavy atom. The number of benzene rings is 1. The van der Waals surface area contributed by atoms with Crippen molar-refractivity contribution < 1.29 is 8.78 Å². The van der Waals surface area contributed by atoms with Crippen molar-refractivity contribution in [2.75, 3.05) is 0 Å². The Labute approximate surface area is 141 Å². The molecular formula is C20H29F2P. The summed E-state index contributed by atoms with van der Waals surface area (Å²) in [6.45, 7) is 2.38. The van der Waals surface area contributed by atoms with Crippen LogP contribution in [0.3, 0.4) is 0 Å². The fourth-order valence-corrected chi connectivity index (χ4v) is 4.97. The average Bonchev–Trinajstić information content (AvgIpc) is 2.55. The third-order valence-corrected chi connectivity index (χ3v) is 6.62. The molecular weight excluding hydrogens is 309 g/mol. The van der Waals surface area contributed by atoms with Crippen LogP contribution in [0.2, 0.25) is 0 Å². The molecule has 0 saturated heterocycles. The van der Waals surface area contributed by atoms with Gasteiger partial charge in [0.25, 0.3) is 0 Å². The van der Waals surface area contributed by atoms with Crippen LogP contribution in [0.5, 0.6) is 0 Å². The second kappa shape index (κ2) is 7.60. The smallest absolute Gasteiger partial charge is 0.165 e. The van der Waals surface area contributed by atoms with E-state index in [0.717, 1.165) is 36.2 Å². The topological polar surface area (TPSA) is 0 Å². The maximum absolute atomic E-state index is 13.6. The fourth-order valence-electron chi connectivity index (χ4n) is 4.64. The molecule has 0 amide bonds. The van der Waals surface area contributed by atoms with Gasteiger partial charge in [0.2, 0.25) is 0 Å². The highest BCUT2D eigenvalue weighted by Gasteiger charge is 2.27. The summed E-state index contributed by atoms with van der Waals surface area (Å²) in [6.07, 6.45) is 11.8. The van der Waals surface area contributed by atoms with Crippen molar-refractivity contribution in [1.29, 1.82) is 0 Å². The standard InChI is InChI=1S/C20H29F2P/c1-13-2-4-14(5-3-13)10-15-6-8-16(9-7-15)17-11-18(21)20(22)19(23)12-17/h11-16H,2-10,23H2,1H3. The molecule has 1 aromatic carbocycles. The maximum Gasteiger partial charge on any atom is 0.165 e. The zero-order valence-electron chi connectivity index (χ0n) is 14.2. The van der Waals surface area contributed by atoms with E-state index in [2.05, 4.69) is 16.2 Å². The normalized spacial score (nSPS) is 32.0. The van der Waals surface area contributed by atoms with Gasteiger partial charge in [-0.3, -0.25) is 0 Å². The first-order valence-electron chi connectivity index (χ1n) is 9.27. The minimum atomic E-state index is -0.723. The van der Waals surface area contributed by atoms with E-state index in [-0.39, 0.29) is 0 Å². The van der Waals surface area contributed by atoms with Crippen molar-refractivity contribution in [3.63, 3.8) is 0 Å². The van der Waals surface area contributed by atoms with E-state index in [1.165, 1.54) is 51.0 Å². The first-order valence-corrected chi connectivity index (χ1v) is 9.85. The zero-order valence-corrected chi connectivity index (χ0v) is 15.3. The van der Waals surface area contributed by atoms with E-state index in [0.29, 0.717) is 11.2 Å². The highest BCUT2D eigenvalue weighted by molar-refractivity contribution is 7.27. The summed E-state index contributed by atoms with van der Waals surface area (Å²) >= 11 is 0. The van der Waals surface area contributed by atoms with Gasteiger partial charge in [-0.15, -0.1) is 9.24 Å². The molecule has 1 unspecified atom stereocenters. The van der Waals surface area contributed by atoms with Gasteiger partial charge in [-0.25, -0.2) is 8.78 Å². The summed E-state index contributed by atoms with van der Waals surface area (Å²) in [6, 6.07) is 3.23. The van der Waals surface area contributed by atoms with Crippen molar-refractivity contribution in [3.05, 3.63) is 29.3 Å². The Morgan fingerprint density at radius 3 is 2.04 bits per heavy atom. The van der Waals surface area contributed by atoms with Crippen LogP contribution >= 0.6 is 9.24 Å². The van der Waals surface area contributed by atoms with E-state index < -0.39 is 11.6 Å². The van der Waals surface area contributed by atoms with Crippen LogP contribution < -0.4 is 5.30 Å². The summed E-state index contributed by atoms with van der Waals surface area (Å²) in [7, 11) is 2.32. The van der Waals surface area contributed by atoms with Crippen LogP contribution in [-0.2, 0) is 0 Å². The lowest BCUT2D eigenvalue weighted by Crippen LogP contribution is -2.20. The number of hydrogen-bond donors (Lipinski definition) is 0. The van der Waals surface area contributed by atoms with Crippen molar-refractivity contribution >= 4 is 14.5 Å². The summed E-state index contributed by atoms with van der Waals surface area (Å²) < 4.78 is 27.1. The van der Waals surface area contributed by atoms with Gasteiger partial charge >= 0.3 is 0 Å². The minimum absolute atomic E-state index is 0.360. The van der Waals surface area contributed by atoms with E-state index in [1.54, 1.807) is 0 Å². The second-order valence-electron chi connectivity index (χ2n) is 7.99. The molecule has 0 aliphatic heterocycles. The third kappa shape index (κ3) is 4.32. The maximum atomic E-state index is 13.6. The monoisotopic (exact) mass is 338 g/mol. The van der Waals surface area contributed by atoms with Gasteiger partial charge in [0.05, 0.1) is 0 Å². The predicted octanol–water partition coefficient (Wildman–Crippen LogP) is 5.96. The summed E-state index contributed by atoms with van der Waals surface area (Å²) in [5, 5.41) is 0.360. The highest BCUT2D eigenvalue weighted by Crippen LogP contribution is 2.41. The molecule has 2 aliphatic rings. The highest BCUT2D eigenvalue weighted by atomic mass is 31.0. The molecule has 3 heteroatoms. The van der Waals surface area contributed by atoms with Gasteiger partial charge in [-0.05, 0) is 73.5 Å². The molecule has 0 N–H and O–H groups in total. The van der Waals surface area contributed by atoms with E-state index in [4.69, 9.17) is 0 Å². The van der Waals surface area contributed by atoms with Crippen LogP contribution in [0.15, 0.2) is 12.1 Å². The molecule has 23 heavy (non-hydrogen) atoms. The number of rotatable bonds is 3. The Morgan fingerprint density at radius 1 is 0.913 bits per heavy atom. The number of halogens is 2. The second-order valence-corrected chi connectivity index (χ2v) is 8.61. The van der Waals surface area contributed by atoms with Crippen molar-refractivity contribution in [2.24, 2.45) is 17.8 Å². The lowest BCUT2D eigenvalue weighted by atomic mass is 9.72. The number of hydrogen-bond acceptors (Lipinski definition) is 0. The van der Waals surface area contributed by atoms with Crippen LogP contribution in [0.25, 0.3) is 0 Å². The lowest BCUT2D eigenvalue weighted by molar-refractivity contribution is 0.211. The van der Waals surface area contributed by atoms with Crippen LogP contribution in [-0.4, -0.2) is 0 Å². The van der Waals surface area contributed by atoms with Gasteiger partial charge in [0.1, 0.15) is 0 Å².